The van der Waals surface area contributed by atoms with Crippen LogP contribution in [0.3, 0.4) is 0 Å². The fourth-order valence-corrected chi connectivity index (χ4v) is 2.56. The molecule has 0 bridgehead atoms. The summed E-state index contributed by atoms with van der Waals surface area (Å²) in [4.78, 5) is 37.2. The van der Waals surface area contributed by atoms with Crippen LogP contribution in [0.15, 0.2) is 60.0 Å². The van der Waals surface area contributed by atoms with Crippen molar-refractivity contribution in [2.24, 2.45) is 10.9 Å². The molecule has 0 atom stereocenters. The second-order valence-corrected chi connectivity index (χ2v) is 6.89. The van der Waals surface area contributed by atoms with Crippen LogP contribution in [0.1, 0.15) is 42.6 Å². The SMILES string of the molecule is C=C(C)C=NC(=CC)c1cncc(NC(=O)c2ccnc(NC(=O)C3CC3)c2)c1. The third-order valence-corrected chi connectivity index (χ3v) is 4.21. The third kappa shape index (κ3) is 5.68. The molecule has 29 heavy (non-hydrogen) atoms. The summed E-state index contributed by atoms with van der Waals surface area (Å²) in [5.74, 6) is 0.0603. The van der Waals surface area contributed by atoms with Gasteiger partial charge >= 0.3 is 0 Å². The van der Waals surface area contributed by atoms with Crippen molar-refractivity contribution < 1.29 is 9.59 Å². The molecule has 0 aromatic carbocycles. The first kappa shape index (κ1) is 20.1. The molecule has 1 aliphatic rings. The summed E-state index contributed by atoms with van der Waals surface area (Å²) < 4.78 is 0. The average molecular weight is 389 g/mol. The van der Waals surface area contributed by atoms with Crippen LogP contribution in [0.4, 0.5) is 11.5 Å². The van der Waals surface area contributed by atoms with Crippen molar-refractivity contribution in [1.82, 2.24) is 9.97 Å². The molecule has 0 radical (unpaired) electrons. The number of hydrogen-bond donors (Lipinski definition) is 2. The van der Waals surface area contributed by atoms with Crippen molar-refractivity contribution in [3.8, 4) is 0 Å². The number of rotatable bonds is 7. The van der Waals surface area contributed by atoms with Crippen LogP contribution in [-0.4, -0.2) is 28.0 Å². The smallest absolute Gasteiger partial charge is 0.255 e. The van der Waals surface area contributed by atoms with Gasteiger partial charge in [-0.15, -0.1) is 0 Å². The maximum atomic E-state index is 12.6. The minimum atomic E-state index is -0.319. The molecule has 1 aliphatic carbocycles. The summed E-state index contributed by atoms with van der Waals surface area (Å²) in [5, 5.41) is 5.56. The van der Waals surface area contributed by atoms with Crippen LogP contribution >= 0.6 is 0 Å². The Bertz CT molecular complexity index is 1010. The largest absolute Gasteiger partial charge is 0.321 e. The first-order chi connectivity index (χ1) is 14.0. The molecule has 1 saturated carbocycles. The minimum Gasteiger partial charge on any atom is -0.321 e. The average Bonchev–Trinajstić information content (AvgIpc) is 3.54. The number of nitrogens with zero attached hydrogens (tertiary/aromatic N) is 3. The molecule has 3 rings (SSSR count). The van der Waals surface area contributed by atoms with Gasteiger partial charge in [0.15, 0.2) is 0 Å². The Morgan fingerprint density at radius 2 is 2.00 bits per heavy atom. The summed E-state index contributed by atoms with van der Waals surface area (Å²) in [6, 6.07) is 4.95. The van der Waals surface area contributed by atoms with Crippen LogP contribution in [0.25, 0.3) is 5.70 Å². The van der Waals surface area contributed by atoms with Gasteiger partial charge in [-0.25, -0.2) is 4.98 Å². The number of carbonyl (C=O) groups is 2. The Labute approximate surface area is 169 Å². The summed E-state index contributed by atoms with van der Waals surface area (Å²) in [5.41, 5.74) is 3.27. The fourth-order valence-electron chi connectivity index (χ4n) is 2.56. The molecule has 2 N–H and O–H groups in total. The van der Waals surface area contributed by atoms with Gasteiger partial charge in [0.05, 0.1) is 17.6 Å². The van der Waals surface area contributed by atoms with E-state index in [1.807, 2.05) is 19.9 Å². The zero-order valence-electron chi connectivity index (χ0n) is 16.5. The first-order valence-corrected chi connectivity index (χ1v) is 9.36. The van der Waals surface area contributed by atoms with E-state index in [1.54, 1.807) is 36.8 Å². The molecule has 2 aromatic heterocycles. The number of aromatic nitrogens is 2. The molecular weight excluding hydrogens is 366 g/mol. The van der Waals surface area contributed by atoms with E-state index >= 15 is 0 Å². The van der Waals surface area contributed by atoms with Gasteiger partial charge in [0.25, 0.3) is 5.91 Å². The van der Waals surface area contributed by atoms with Crippen molar-refractivity contribution >= 4 is 35.2 Å². The van der Waals surface area contributed by atoms with Crippen LogP contribution in [-0.2, 0) is 4.79 Å². The Kier molecular flexibility index (Phi) is 6.29. The van der Waals surface area contributed by atoms with Gasteiger partial charge in [0, 0.05) is 35.7 Å². The molecule has 2 amide bonds. The molecule has 2 aromatic rings. The normalized spacial score (nSPS) is 13.9. The highest BCUT2D eigenvalue weighted by atomic mass is 16.2. The number of allylic oxidation sites excluding steroid dienone is 2. The van der Waals surface area contributed by atoms with Crippen LogP contribution in [0.2, 0.25) is 0 Å². The monoisotopic (exact) mass is 389 g/mol. The van der Waals surface area contributed by atoms with E-state index in [0.29, 0.717) is 17.1 Å². The van der Waals surface area contributed by atoms with Gasteiger partial charge in [-0.3, -0.25) is 19.6 Å². The van der Waals surface area contributed by atoms with E-state index in [1.165, 1.54) is 6.20 Å². The molecule has 148 valence electrons. The molecule has 7 heteroatoms. The minimum absolute atomic E-state index is 0.0545. The lowest BCUT2D eigenvalue weighted by atomic mass is 10.2. The molecule has 0 unspecified atom stereocenters. The predicted molar refractivity (Wildman–Crippen MR) is 115 cm³/mol. The van der Waals surface area contributed by atoms with Crippen molar-refractivity contribution in [2.45, 2.75) is 26.7 Å². The summed E-state index contributed by atoms with van der Waals surface area (Å²) >= 11 is 0. The third-order valence-electron chi connectivity index (χ3n) is 4.21. The Hall–Kier alpha value is -3.61. The number of anilines is 2. The molecular formula is C22H23N5O2. The van der Waals surface area contributed by atoms with Gasteiger partial charge in [-0.1, -0.05) is 12.7 Å². The Morgan fingerprint density at radius 1 is 1.21 bits per heavy atom. The molecule has 1 fully saturated rings. The number of aliphatic imine (C=N–C) groups is 1. The molecule has 0 aliphatic heterocycles. The van der Waals surface area contributed by atoms with Crippen molar-refractivity contribution in [1.29, 1.82) is 0 Å². The van der Waals surface area contributed by atoms with Crippen LogP contribution < -0.4 is 10.6 Å². The van der Waals surface area contributed by atoms with E-state index in [0.717, 1.165) is 29.7 Å². The number of amides is 2. The first-order valence-electron chi connectivity index (χ1n) is 9.36. The standard InChI is InChI=1S/C22H23N5O2/c1-4-19(25-11-14(2)3)17-9-18(13-23-12-17)26-22(29)16-7-8-24-20(10-16)27-21(28)15-5-6-15/h4,7-13,15H,2,5-6H2,1,3H3,(H,26,29)(H,24,27,28). The Morgan fingerprint density at radius 3 is 2.69 bits per heavy atom. The second-order valence-electron chi connectivity index (χ2n) is 6.89. The Balaban J connectivity index is 1.72. The van der Waals surface area contributed by atoms with Crippen LogP contribution in [0, 0.1) is 5.92 Å². The van der Waals surface area contributed by atoms with E-state index in [2.05, 4.69) is 32.2 Å². The lowest BCUT2D eigenvalue weighted by Crippen LogP contribution is -2.16. The molecule has 7 nitrogen and oxygen atoms in total. The highest BCUT2D eigenvalue weighted by Crippen LogP contribution is 2.30. The number of pyridine rings is 2. The van der Waals surface area contributed by atoms with Gasteiger partial charge in [0.1, 0.15) is 5.82 Å². The number of carbonyl (C=O) groups excluding carboxylic acids is 2. The predicted octanol–water partition coefficient (Wildman–Crippen LogP) is 4.09. The highest BCUT2D eigenvalue weighted by Gasteiger charge is 2.29. The van der Waals surface area contributed by atoms with Crippen LogP contribution in [0.5, 0.6) is 0 Å². The lowest BCUT2D eigenvalue weighted by Gasteiger charge is -2.09. The lowest BCUT2D eigenvalue weighted by molar-refractivity contribution is -0.117. The molecule has 0 saturated heterocycles. The van der Waals surface area contributed by atoms with Gasteiger partial charge in [-0.05, 0) is 50.5 Å². The van der Waals surface area contributed by atoms with E-state index in [-0.39, 0.29) is 17.7 Å². The molecule has 2 heterocycles. The van der Waals surface area contributed by atoms with Crippen molar-refractivity contribution in [3.05, 3.63) is 66.1 Å². The summed E-state index contributed by atoms with van der Waals surface area (Å²) in [6.45, 7) is 7.55. The second kappa shape index (κ2) is 9.05. The quantitative estimate of drug-likeness (QED) is 0.697. The summed E-state index contributed by atoms with van der Waals surface area (Å²) in [6.07, 6.45) is 10.1. The fraction of sp³-hybridized carbons (Fsp3) is 0.227. The molecule has 0 spiro atoms. The van der Waals surface area contributed by atoms with Crippen molar-refractivity contribution in [2.75, 3.05) is 10.6 Å². The topological polar surface area (TPSA) is 96.3 Å². The number of hydrogen-bond acceptors (Lipinski definition) is 5. The van der Waals surface area contributed by atoms with Gasteiger partial charge < -0.3 is 10.6 Å². The summed E-state index contributed by atoms with van der Waals surface area (Å²) in [7, 11) is 0. The van der Waals surface area contributed by atoms with Gasteiger partial charge in [0.2, 0.25) is 5.91 Å². The number of nitrogens with one attached hydrogen (secondary N) is 2. The van der Waals surface area contributed by atoms with E-state index < -0.39 is 0 Å². The van der Waals surface area contributed by atoms with E-state index in [4.69, 9.17) is 0 Å². The maximum absolute atomic E-state index is 12.6. The van der Waals surface area contributed by atoms with Crippen molar-refractivity contribution in [3.63, 3.8) is 0 Å². The van der Waals surface area contributed by atoms with E-state index in [9.17, 15) is 9.59 Å². The maximum Gasteiger partial charge on any atom is 0.255 e. The van der Waals surface area contributed by atoms with Gasteiger partial charge in [-0.2, -0.15) is 0 Å². The zero-order chi connectivity index (χ0) is 20.8. The zero-order valence-corrected chi connectivity index (χ0v) is 16.5. The highest BCUT2D eigenvalue weighted by molar-refractivity contribution is 6.05.